The maximum absolute atomic E-state index is 12.9. The van der Waals surface area contributed by atoms with Gasteiger partial charge in [-0.25, -0.2) is 4.79 Å². The minimum Gasteiger partial charge on any atom is -0.491 e. The molecule has 1 aliphatic rings. The summed E-state index contributed by atoms with van der Waals surface area (Å²) in [6.45, 7) is 6.43. The Labute approximate surface area is 229 Å². The Balaban J connectivity index is 1.37. The number of amides is 2. The topological polar surface area (TPSA) is 116 Å². The van der Waals surface area contributed by atoms with Crippen LogP contribution in [0.3, 0.4) is 0 Å². The first kappa shape index (κ1) is 27.6. The van der Waals surface area contributed by atoms with Crippen LogP contribution in [-0.4, -0.2) is 40.1 Å². The zero-order chi connectivity index (χ0) is 28.1. The van der Waals surface area contributed by atoms with Crippen LogP contribution in [-0.2, 0) is 4.79 Å². The highest BCUT2D eigenvalue weighted by Crippen LogP contribution is 2.33. The van der Waals surface area contributed by atoms with Gasteiger partial charge in [0.2, 0.25) is 0 Å². The zero-order valence-electron chi connectivity index (χ0n) is 21.6. The maximum atomic E-state index is 12.9. The number of non-ortho nitro benzene ring substituents is 1. The van der Waals surface area contributed by atoms with Crippen LogP contribution < -0.4 is 9.47 Å². The van der Waals surface area contributed by atoms with Gasteiger partial charge in [-0.2, -0.15) is 0 Å². The third-order valence-electron chi connectivity index (χ3n) is 5.92. The van der Waals surface area contributed by atoms with E-state index < -0.39 is 16.8 Å². The normalized spacial score (nSPS) is 14.3. The molecule has 0 saturated carbocycles. The van der Waals surface area contributed by atoms with Crippen LogP contribution in [0.15, 0.2) is 71.6 Å². The van der Waals surface area contributed by atoms with Crippen LogP contribution >= 0.6 is 11.8 Å². The van der Waals surface area contributed by atoms with Crippen molar-refractivity contribution in [2.24, 2.45) is 0 Å². The van der Waals surface area contributed by atoms with E-state index in [-0.39, 0.29) is 46.2 Å². The Morgan fingerprint density at radius 2 is 1.82 bits per heavy atom. The lowest BCUT2D eigenvalue weighted by atomic mass is 10.0. The number of nitro groups is 1. The van der Waals surface area contributed by atoms with Crippen molar-refractivity contribution in [1.29, 1.82) is 0 Å². The van der Waals surface area contributed by atoms with Crippen LogP contribution in [0.4, 0.5) is 10.5 Å². The second kappa shape index (κ2) is 12.0. The smallest absolute Gasteiger partial charge is 0.343 e. The van der Waals surface area contributed by atoms with Gasteiger partial charge in [0, 0.05) is 12.1 Å². The molecular weight excluding hydrogens is 520 g/mol. The number of carbonyl (C=O) groups excluding carboxylic acids is 3. The molecule has 0 N–H and O–H groups in total. The van der Waals surface area contributed by atoms with Crippen LogP contribution in [0.25, 0.3) is 6.08 Å². The highest BCUT2D eigenvalue weighted by Gasteiger charge is 2.34. The van der Waals surface area contributed by atoms with Crippen molar-refractivity contribution in [1.82, 2.24) is 4.90 Å². The number of thioether (sulfide) groups is 1. The molecule has 0 atom stereocenters. The van der Waals surface area contributed by atoms with Crippen molar-refractivity contribution in [3.8, 4) is 11.5 Å². The van der Waals surface area contributed by atoms with Gasteiger partial charge in [0.05, 0.1) is 21.9 Å². The van der Waals surface area contributed by atoms with Gasteiger partial charge in [-0.1, -0.05) is 44.2 Å². The minimum atomic E-state index is -0.735. The summed E-state index contributed by atoms with van der Waals surface area (Å²) in [5.74, 6) is 0.115. The van der Waals surface area contributed by atoms with E-state index in [4.69, 9.17) is 9.47 Å². The Hall–Kier alpha value is -4.44. The fraction of sp³-hybridized carbons (Fsp3) is 0.207. The molecule has 1 saturated heterocycles. The van der Waals surface area contributed by atoms with E-state index in [0.717, 1.165) is 39.6 Å². The Bertz CT molecular complexity index is 1460. The van der Waals surface area contributed by atoms with Crippen molar-refractivity contribution in [3.63, 3.8) is 0 Å². The summed E-state index contributed by atoms with van der Waals surface area (Å²) in [6.07, 6.45) is 1.59. The second-order valence-electron chi connectivity index (χ2n) is 9.14. The lowest BCUT2D eigenvalue weighted by Crippen LogP contribution is -2.32. The SMILES string of the molecule is Cc1ccc(C(C)C)c(OCCN2C(=O)S/C(=C\c3ccc(OC(=O)c4cccc([N+](=O)[O-])c4)cc3)C2=O)c1. The molecule has 3 aromatic rings. The molecule has 0 radical (unpaired) electrons. The molecule has 1 fully saturated rings. The summed E-state index contributed by atoms with van der Waals surface area (Å²) in [7, 11) is 0. The number of ether oxygens (including phenoxy) is 2. The lowest BCUT2D eigenvalue weighted by molar-refractivity contribution is -0.384. The van der Waals surface area contributed by atoms with Crippen LogP contribution in [0.1, 0.15) is 46.8 Å². The molecule has 200 valence electrons. The average Bonchev–Trinajstić information content (AvgIpc) is 3.17. The molecule has 0 aliphatic carbocycles. The predicted molar refractivity (Wildman–Crippen MR) is 148 cm³/mol. The highest BCUT2D eigenvalue weighted by atomic mass is 32.2. The summed E-state index contributed by atoms with van der Waals surface area (Å²) in [5, 5.41) is 10.6. The van der Waals surface area contributed by atoms with Crippen molar-refractivity contribution in [2.75, 3.05) is 13.2 Å². The summed E-state index contributed by atoms with van der Waals surface area (Å²) in [6, 6.07) is 17.6. The summed E-state index contributed by atoms with van der Waals surface area (Å²) in [4.78, 5) is 49.5. The van der Waals surface area contributed by atoms with Crippen molar-refractivity contribution in [3.05, 3.63) is 104 Å². The van der Waals surface area contributed by atoms with Gasteiger partial charge in [-0.15, -0.1) is 0 Å². The van der Waals surface area contributed by atoms with Gasteiger partial charge < -0.3 is 9.47 Å². The molecule has 0 aromatic heterocycles. The molecule has 0 bridgehead atoms. The first-order chi connectivity index (χ1) is 18.6. The van der Waals surface area contributed by atoms with E-state index in [9.17, 15) is 24.5 Å². The lowest BCUT2D eigenvalue weighted by Gasteiger charge is -2.17. The monoisotopic (exact) mass is 546 g/mol. The van der Waals surface area contributed by atoms with E-state index in [0.29, 0.717) is 5.56 Å². The van der Waals surface area contributed by atoms with Gasteiger partial charge in [0.15, 0.2) is 0 Å². The predicted octanol–water partition coefficient (Wildman–Crippen LogP) is 6.36. The molecule has 10 heteroatoms. The van der Waals surface area contributed by atoms with Gasteiger partial charge in [-0.05, 0) is 71.6 Å². The summed E-state index contributed by atoms with van der Waals surface area (Å²) in [5.41, 5.74) is 2.60. The van der Waals surface area contributed by atoms with Crippen LogP contribution in [0.5, 0.6) is 11.5 Å². The fourth-order valence-electron chi connectivity index (χ4n) is 3.88. The molecule has 1 heterocycles. The van der Waals surface area contributed by atoms with Gasteiger partial charge >= 0.3 is 5.97 Å². The fourth-order valence-corrected chi connectivity index (χ4v) is 4.74. The van der Waals surface area contributed by atoms with E-state index in [2.05, 4.69) is 13.8 Å². The Kier molecular flexibility index (Phi) is 8.46. The van der Waals surface area contributed by atoms with Crippen molar-refractivity contribution in [2.45, 2.75) is 26.7 Å². The van der Waals surface area contributed by atoms with Crippen LogP contribution in [0.2, 0.25) is 0 Å². The molecule has 2 amide bonds. The number of esters is 1. The highest BCUT2D eigenvalue weighted by molar-refractivity contribution is 8.18. The quantitative estimate of drug-likeness (QED) is 0.100. The molecule has 0 spiro atoms. The Morgan fingerprint density at radius 1 is 1.08 bits per heavy atom. The minimum absolute atomic E-state index is 0.0498. The number of nitrogens with zero attached hydrogens (tertiary/aromatic N) is 2. The van der Waals surface area contributed by atoms with Gasteiger partial charge in [0.1, 0.15) is 18.1 Å². The molecule has 0 unspecified atom stereocenters. The number of imide groups is 1. The van der Waals surface area contributed by atoms with Crippen molar-refractivity contribution >= 4 is 40.6 Å². The number of rotatable bonds is 9. The molecule has 3 aromatic carbocycles. The molecule has 1 aliphatic heterocycles. The molecular formula is C29H26N2O7S. The number of hydrogen-bond acceptors (Lipinski definition) is 8. The van der Waals surface area contributed by atoms with Crippen LogP contribution in [0, 0.1) is 17.0 Å². The molecule has 9 nitrogen and oxygen atoms in total. The Morgan fingerprint density at radius 3 is 2.51 bits per heavy atom. The van der Waals surface area contributed by atoms with E-state index in [1.54, 1.807) is 18.2 Å². The summed E-state index contributed by atoms with van der Waals surface area (Å²) < 4.78 is 11.2. The molecule has 39 heavy (non-hydrogen) atoms. The van der Waals surface area contributed by atoms with E-state index in [1.807, 2.05) is 25.1 Å². The first-order valence-corrected chi connectivity index (χ1v) is 13.0. The number of nitro benzene ring substituents is 1. The zero-order valence-corrected chi connectivity index (χ0v) is 22.4. The van der Waals surface area contributed by atoms with E-state index in [1.165, 1.54) is 30.3 Å². The number of hydrogen-bond donors (Lipinski definition) is 0. The number of carbonyl (C=O) groups is 3. The third kappa shape index (κ3) is 6.71. The third-order valence-corrected chi connectivity index (χ3v) is 6.83. The maximum Gasteiger partial charge on any atom is 0.343 e. The number of benzene rings is 3. The average molecular weight is 547 g/mol. The van der Waals surface area contributed by atoms with Crippen molar-refractivity contribution < 1.29 is 28.8 Å². The largest absolute Gasteiger partial charge is 0.491 e. The van der Waals surface area contributed by atoms with Gasteiger partial charge in [0.25, 0.3) is 16.8 Å². The molecule has 4 rings (SSSR count). The van der Waals surface area contributed by atoms with Gasteiger partial charge in [-0.3, -0.25) is 24.6 Å². The summed E-state index contributed by atoms with van der Waals surface area (Å²) >= 11 is 0.852. The number of aryl methyl sites for hydroxylation is 1. The second-order valence-corrected chi connectivity index (χ2v) is 10.1. The van der Waals surface area contributed by atoms with E-state index >= 15 is 0 Å². The standard InChI is InChI=1S/C29H26N2O7S/c1-18(2)24-12-7-19(3)15-25(24)37-14-13-30-27(32)26(39-29(30)34)16-20-8-10-23(11-9-20)38-28(33)21-5-4-6-22(17-21)31(35)36/h4-12,15-18H,13-14H2,1-3H3/b26-16-. The first-order valence-electron chi connectivity index (χ1n) is 12.2.